The molecule has 0 heterocycles. The Kier molecular flexibility index (Phi) is 15.3. The van der Waals surface area contributed by atoms with Crippen LogP contribution >= 0.6 is 0 Å². The van der Waals surface area contributed by atoms with E-state index >= 15 is 0 Å². The van der Waals surface area contributed by atoms with Crippen LogP contribution in [0.25, 0.3) is 0 Å². The van der Waals surface area contributed by atoms with Crippen LogP contribution in [0.5, 0.6) is 0 Å². The third-order valence-corrected chi connectivity index (χ3v) is 13.7. The lowest BCUT2D eigenvalue weighted by atomic mass is 9.64. The molecule has 0 amide bonds. The van der Waals surface area contributed by atoms with Gasteiger partial charge in [0.15, 0.2) is 0 Å². The van der Waals surface area contributed by atoms with Crippen molar-refractivity contribution in [1.29, 1.82) is 0 Å². The number of ketones is 1. The monoisotopic (exact) mass is 583 g/mol. The van der Waals surface area contributed by atoms with Crippen LogP contribution in [0.15, 0.2) is 0 Å². The van der Waals surface area contributed by atoms with Crippen LogP contribution < -0.4 is 0 Å². The molecule has 0 saturated heterocycles. The highest BCUT2D eigenvalue weighted by Gasteiger charge is 2.36. The fraction of sp³-hybridized carbons (Fsp3) is 0.976. The molecule has 0 bridgehead atoms. The van der Waals surface area contributed by atoms with Crippen LogP contribution in [0, 0.1) is 59.2 Å². The van der Waals surface area contributed by atoms with E-state index in [1.165, 1.54) is 141 Å². The smallest absolute Gasteiger partial charge is 0.132 e. The van der Waals surface area contributed by atoms with Gasteiger partial charge in [0.25, 0.3) is 0 Å². The quantitative estimate of drug-likeness (QED) is 0.165. The van der Waals surface area contributed by atoms with Gasteiger partial charge < -0.3 is 0 Å². The Balaban J connectivity index is 0.975. The molecule has 6 unspecified atom stereocenters. The summed E-state index contributed by atoms with van der Waals surface area (Å²) in [5.74, 6) is 10.5. The van der Waals surface area contributed by atoms with Gasteiger partial charge in [0.05, 0.1) is 0 Å². The minimum Gasteiger partial charge on any atom is -0.300 e. The van der Waals surface area contributed by atoms with E-state index in [4.69, 9.17) is 0 Å². The molecule has 0 aliphatic heterocycles. The van der Waals surface area contributed by atoms with Crippen LogP contribution in [-0.2, 0) is 4.79 Å². The van der Waals surface area contributed by atoms with Crippen molar-refractivity contribution >= 4 is 5.78 Å². The Morgan fingerprint density at radius 3 is 1.21 bits per heavy atom. The number of hydrogen-bond acceptors (Lipinski definition) is 1. The van der Waals surface area contributed by atoms with Gasteiger partial charge in [-0.2, -0.15) is 0 Å². The fourth-order valence-corrected chi connectivity index (χ4v) is 11.2. The molecule has 4 aliphatic rings. The van der Waals surface area contributed by atoms with Gasteiger partial charge in [0.2, 0.25) is 0 Å². The van der Waals surface area contributed by atoms with Gasteiger partial charge >= 0.3 is 0 Å². The standard InChI is InChI=1S/C41H74O/c1-5-11-35-21-27-40(31(3)29-35)37-23-17-33(18-24-37)13-7-9-15-39(42)16-10-8-14-34-19-25-38(26-20-34)41-28-22-36(12-6-2)30-32(41)4/h31-38,40-41H,5-30H2,1-4H3. The summed E-state index contributed by atoms with van der Waals surface area (Å²) in [5, 5.41) is 0. The molecular weight excluding hydrogens is 508 g/mol. The molecule has 0 radical (unpaired) electrons. The second-order valence-electron chi connectivity index (χ2n) is 16.8. The topological polar surface area (TPSA) is 17.1 Å². The molecule has 1 heteroatoms. The summed E-state index contributed by atoms with van der Waals surface area (Å²) >= 11 is 0. The first-order valence-electron chi connectivity index (χ1n) is 20.0. The van der Waals surface area contributed by atoms with Crippen LogP contribution in [0.3, 0.4) is 0 Å². The van der Waals surface area contributed by atoms with Gasteiger partial charge in [-0.05, 0) is 123 Å². The van der Waals surface area contributed by atoms with Crippen LogP contribution in [0.4, 0.5) is 0 Å². The van der Waals surface area contributed by atoms with Crippen LogP contribution in [0.1, 0.15) is 195 Å². The Labute approximate surface area is 263 Å². The van der Waals surface area contributed by atoms with Gasteiger partial charge in [-0.3, -0.25) is 4.79 Å². The summed E-state index contributed by atoms with van der Waals surface area (Å²) < 4.78 is 0. The molecule has 244 valence electrons. The molecular formula is C41H74O. The number of Topliss-reactive ketones (excluding diaryl/α,β-unsaturated/α-hetero) is 1. The van der Waals surface area contributed by atoms with Gasteiger partial charge in [-0.15, -0.1) is 0 Å². The van der Waals surface area contributed by atoms with E-state index in [1.807, 2.05) is 0 Å². The lowest BCUT2D eigenvalue weighted by Gasteiger charge is -2.42. The highest BCUT2D eigenvalue weighted by Crippen LogP contribution is 2.47. The van der Waals surface area contributed by atoms with Crippen LogP contribution in [0.2, 0.25) is 0 Å². The third kappa shape index (κ3) is 10.9. The summed E-state index contributed by atoms with van der Waals surface area (Å²) in [6.07, 6.45) is 36.0. The molecule has 1 nitrogen and oxygen atoms in total. The summed E-state index contributed by atoms with van der Waals surface area (Å²) in [6, 6.07) is 0. The molecule has 4 fully saturated rings. The number of hydrogen-bond donors (Lipinski definition) is 0. The predicted molar refractivity (Wildman–Crippen MR) is 183 cm³/mol. The first kappa shape index (κ1) is 34.5. The van der Waals surface area contributed by atoms with E-state index in [-0.39, 0.29) is 0 Å². The molecule has 42 heavy (non-hydrogen) atoms. The molecule has 0 aromatic heterocycles. The summed E-state index contributed by atoms with van der Waals surface area (Å²) in [7, 11) is 0. The molecule has 6 atom stereocenters. The minimum atomic E-state index is 0.558. The Hall–Kier alpha value is -0.330. The van der Waals surface area contributed by atoms with E-state index in [1.54, 1.807) is 0 Å². The summed E-state index contributed by atoms with van der Waals surface area (Å²) in [5.41, 5.74) is 0. The zero-order valence-corrected chi connectivity index (χ0v) is 29.1. The lowest BCUT2D eigenvalue weighted by molar-refractivity contribution is -0.119. The lowest BCUT2D eigenvalue weighted by Crippen LogP contribution is -2.31. The SMILES string of the molecule is CCCC1CCC(C2CCC(CCCCC(=O)CCCCC3CCC(C4CCC(CCC)CC4C)CC3)CC2)C(C)C1. The van der Waals surface area contributed by atoms with Gasteiger partial charge in [-0.1, -0.05) is 118 Å². The number of unbranched alkanes of at least 4 members (excludes halogenated alkanes) is 2. The van der Waals surface area contributed by atoms with Crippen molar-refractivity contribution in [1.82, 2.24) is 0 Å². The Morgan fingerprint density at radius 2 is 0.857 bits per heavy atom. The molecule has 4 saturated carbocycles. The number of rotatable bonds is 16. The minimum absolute atomic E-state index is 0.558. The largest absolute Gasteiger partial charge is 0.300 e. The highest BCUT2D eigenvalue weighted by molar-refractivity contribution is 5.78. The molecule has 0 aromatic rings. The fourth-order valence-electron chi connectivity index (χ4n) is 11.2. The summed E-state index contributed by atoms with van der Waals surface area (Å²) in [6.45, 7) is 9.86. The third-order valence-electron chi connectivity index (χ3n) is 13.7. The van der Waals surface area contributed by atoms with Crippen molar-refractivity contribution in [2.24, 2.45) is 59.2 Å². The van der Waals surface area contributed by atoms with Gasteiger partial charge in [-0.25, -0.2) is 0 Å². The average Bonchev–Trinajstić information content (AvgIpc) is 2.99. The van der Waals surface area contributed by atoms with Crippen molar-refractivity contribution in [2.45, 2.75) is 195 Å². The van der Waals surface area contributed by atoms with Gasteiger partial charge in [0.1, 0.15) is 5.78 Å². The summed E-state index contributed by atoms with van der Waals surface area (Å²) in [4.78, 5) is 12.6. The van der Waals surface area contributed by atoms with E-state index in [9.17, 15) is 4.79 Å². The molecule has 4 rings (SSSR count). The van der Waals surface area contributed by atoms with E-state index in [2.05, 4.69) is 27.7 Å². The molecule has 0 N–H and O–H groups in total. The van der Waals surface area contributed by atoms with Crippen molar-refractivity contribution in [3.05, 3.63) is 0 Å². The highest BCUT2D eigenvalue weighted by atomic mass is 16.1. The maximum Gasteiger partial charge on any atom is 0.132 e. The maximum absolute atomic E-state index is 12.6. The second kappa shape index (κ2) is 18.6. The van der Waals surface area contributed by atoms with Crippen molar-refractivity contribution in [3.8, 4) is 0 Å². The normalized spacial score (nSPS) is 37.9. The van der Waals surface area contributed by atoms with E-state index in [0.717, 1.165) is 84.9 Å². The second-order valence-corrected chi connectivity index (χ2v) is 16.8. The average molecular weight is 583 g/mol. The van der Waals surface area contributed by atoms with Gasteiger partial charge in [0, 0.05) is 12.8 Å². The maximum atomic E-state index is 12.6. The molecule has 0 aromatic carbocycles. The predicted octanol–water partition coefficient (Wildman–Crippen LogP) is 13.0. The van der Waals surface area contributed by atoms with Crippen molar-refractivity contribution in [2.75, 3.05) is 0 Å². The first-order valence-corrected chi connectivity index (χ1v) is 20.0. The molecule has 0 spiro atoms. The van der Waals surface area contributed by atoms with E-state index in [0.29, 0.717) is 5.78 Å². The van der Waals surface area contributed by atoms with E-state index < -0.39 is 0 Å². The first-order chi connectivity index (χ1) is 20.5. The van der Waals surface area contributed by atoms with Crippen molar-refractivity contribution < 1.29 is 4.79 Å². The van der Waals surface area contributed by atoms with Crippen molar-refractivity contribution in [3.63, 3.8) is 0 Å². The number of carbonyl (C=O) groups is 1. The Bertz CT molecular complexity index is 665. The Morgan fingerprint density at radius 1 is 0.476 bits per heavy atom. The molecule has 4 aliphatic carbocycles. The number of carbonyl (C=O) groups excluding carboxylic acids is 1. The zero-order valence-electron chi connectivity index (χ0n) is 29.1. The van der Waals surface area contributed by atoms with Crippen LogP contribution in [-0.4, -0.2) is 5.78 Å². The zero-order chi connectivity index (χ0) is 29.7.